The summed E-state index contributed by atoms with van der Waals surface area (Å²) in [5.41, 5.74) is 0.137. The number of benzene rings is 1. The van der Waals surface area contributed by atoms with Crippen molar-refractivity contribution in [3.05, 3.63) is 34.6 Å². The maximum atomic E-state index is 13.1. The van der Waals surface area contributed by atoms with E-state index in [2.05, 4.69) is 0 Å². The number of carbonyl (C=O) groups excluding carboxylic acids is 1. The first-order valence-corrected chi connectivity index (χ1v) is 7.66. The summed E-state index contributed by atoms with van der Waals surface area (Å²) in [4.78, 5) is 13.5. The van der Waals surface area contributed by atoms with Crippen molar-refractivity contribution in [2.45, 2.75) is 44.8 Å². The van der Waals surface area contributed by atoms with Crippen LogP contribution in [0.2, 0.25) is 5.02 Å². The van der Waals surface area contributed by atoms with E-state index in [9.17, 15) is 14.3 Å². The number of hydrogen-bond donors (Lipinski definition) is 1. The molecule has 22 heavy (non-hydrogen) atoms. The number of nitrogens with zero attached hydrogens (tertiary/aromatic N) is 1. The summed E-state index contributed by atoms with van der Waals surface area (Å²) in [6, 6.07) is 4.16. The van der Waals surface area contributed by atoms with Crippen LogP contribution < -0.4 is 0 Å². The smallest absolute Gasteiger partial charge is 0.410 e. The Morgan fingerprint density at radius 2 is 2.14 bits per heavy atom. The van der Waals surface area contributed by atoms with Gasteiger partial charge in [-0.05, 0) is 44.9 Å². The van der Waals surface area contributed by atoms with Gasteiger partial charge in [-0.3, -0.25) is 0 Å². The standard InChI is InChI=1S/C16H21ClFNO3/c1-16(2,3)22-15(21)19-7-6-12(14(20)9-19)11-5-4-10(18)8-13(11)17/h4-5,8,12,14,20H,6-7,9H2,1-3H3. The van der Waals surface area contributed by atoms with Crippen LogP contribution in [0.4, 0.5) is 9.18 Å². The molecule has 1 amide bonds. The lowest BCUT2D eigenvalue weighted by molar-refractivity contribution is -0.00151. The molecule has 0 spiro atoms. The van der Waals surface area contributed by atoms with Gasteiger partial charge in [0.25, 0.3) is 0 Å². The Labute approximate surface area is 134 Å². The first-order valence-electron chi connectivity index (χ1n) is 7.28. The maximum absolute atomic E-state index is 13.1. The summed E-state index contributed by atoms with van der Waals surface area (Å²) in [6.45, 7) is 6.03. The Balaban J connectivity index is 2.05. The van der Waals surface area contributed by atoms with Gasteiger partial charge in [0.05, 0.1) is 12.6 Å². The van der Waals surface area contributed by atoms with E-state index < -0.39 is 23.6 Å². The largest absolute Gasteiger partial charge is 0.444 e. The molecule has 122 valence electrons. The Bertz CT molecular complexity index is 559. The number of aliphatic hydroxyl groups excluding tert-OH is 1. The third kappa shape index (κ3) is 4.11. The van der Waals surface area contributed by atoms with Gasteiger partial charge in [0.1, 0.15) is 11.4 Å². The Morgan fingerprint density at radius 1 is 1.45 bits per heavy atom. The van der Waals surface area contributed by atoms with Crippen LogP contribution in [0.5, 0.6) is 0 Å². The average molecular weight is 330 g/mol. The van der Waals surface area contributed by atoms with Gasteiger partial charge in [-0.1, -0.05) is 17.7 Å². The quantitative estimate of drug-likeness (QED) is 0.857. The number of halogens is 2. The predicted octanol–water partition coefficient (Wildman–Crippen LogP) is 3.56. The number of ether oxygens (including phenoxy) is 1. The minimum Gasteiger partial charge on any atom is -0.444 e. The molecule has 4 nitrogen and oxygen atoms in total. The lowest BCUT2D eigenvalue weighted by atomic mass is 9.87. The Kier molecular flexibility index (Phi) is 4.97. The van der Waals surface area contributed by atoms with E-state index in [1.807, 2.05) is 0 Å². The van der Waals surface area contributed by atoms with Gasteiger partial charge in [0.15, 0.2) is 0 Å². The van der Waals surface area contributed by atoms with Crippen LogP contribution in [-0.2, 0) is 4.74 Å². The molecule has 2 rings (SSSR count). The van der Waals surface area contributed by atoms with Crippen LogP contribution >= 0.6 is 11.6 Å². The molecular weight excluding hydrogens is 309 g/mol. The lowest BCUT2D eigenvalue weighted by Crippen LogP contribution is -2.47. The molecule has 6 heteroatoms. The van der Waals surface area contributed by atoms with Gasteiger partial charge in [0.2, 0.25) is 0 Å². The highest BCUT2D eigenvalue weighted by atomic mass is 35.5. The first-order chi connectivity index (χ1) is 10.2. The molecular formula is C16H21ClFNO3. The molecule has 0 bridgehead atoms. The van der Waals surface area contributed by atoms with E-state index in [4.69, 9.17) is 16.3 Å². The van der Waals surface area contributed by atoms with Crippen LogP contribution in [0.15, 0.2) is 18.2 Å². The van der Waals surface area contributed by atoms with Crippen LogP contribution in [0.25, 0.3) is 0 Å². The monoisotopic (exact) mass is 329 g/mol. The van der Waals surface area contributed by atoms with Crippen molar-refractivity contribution >= 4 is 17.7 Å². The number of rotatable bonds is 1. The molecule has 0 saturated carbocycles. The number of β-amino-alcohol motifs (C(OH)–C–C–N with tert-alkyl or cyclic N) is 1. The van der Waals surface area contributed by atoms with Gasteiger partial charge >= 0.3 is 6.09 Å². The summed E-state index contributed by atoms with van der Waals surface area (Å²) in [7, 11) is 0. The molecule has 1 N–H and O–H groups in total. The van der Waals surface area contributed by atoms with Crippen LogP contribution in [0.1, 0.15) is 38.7 Å². The molecule has 1 aliphatic heterocycles. The molecule has 2 atom stereocenters. The maximum Gasteiger partial charge on any atom is 0.410 e. The zero-order chi connectivity index (χ0) is 16.5. The summed E-state index contributed by atoms with van der Waals surface area (Å²) in [5, 5.41) is 10.6. The number of aliphatic hydroxyl groups is 1. The van der Waals surface area contributed by atoms with E-state index in [-0.39, 0.29) is 12.5 Å². The highest BCUT2D eigenvalue weighted by Crippen LogP contribution is 2.33. The van der Waals surface area contributed by atoms with Crippen molar-refractivity contribution < 1.29 is 19.0 Å². The number of piperidine rings is 1. The minimum atomic E-state index is -0.760. The molecule has 1 heterocycles. The zero-order valence-corrected chi connectivity index (χ0v) is 13.7. The number of amides is 1. The molecule has 1 saturated heterocycles. The van der Waals surface area contributed by atoms with E-state index in [0.29, 0.717) is 23.6 Å². The number of likely N-dealkylation sites (tertiary alicyclic amines) is 1. The fraction of sp³-hybridized carbons (Fsp3) is 0.562. The fourth-order valence-electron chi connectivity index (χ4n) is 2.59. The molecule has 1 aromatic rings. The second-order valence-electron chi connectivity index (χ2n) is 6.55. The normalized spacial score (nSPS) is 22.5. The molecule has 0 aliphatic carbocycles. The van der Waals surface area contributed by atoms with E-state index in [1.54, 1.807) is 26.8 Å². The molecule has 1 fully saturated rings. The van der Waals surface area contributed by atoms with Crippen molar-refractivity contribution in [2.24, 2.45) is 0 Å². The highest BCUT2D eigenvalue weighted by molar-refractivity contribution is 6.31. The number of carbonyl (C=O) groups is 1. The van der Waals surface area contributed by atoms with Crippen molar-refractivity contribution in [2.75, 3.05) is 13.1 Å². The second kappa shape index (κ2) is 6.42. The molecule has 1 aromatic carbocycles. The van der Waals surface area contributed by atoms with Gasteiger partial charge in [-0.2, -0.15) is 0 Å². The van der Waals surface area contributed by atoms with Crippen molar-refractivity contribution in [1.29, 1.82) is 0 Å². The van der Waals surface area contributed by atoms with Gasteiger partial charge in [0, 0.05) is 17.5 Å². The Hall–Kier alpha value is -1.33. The first kappa shape index (κ1) is 17.0. The second-order valence-corrected chi connectivity index (χ2v) is 6.96. The van der Waals surface area contributed by atoms with Crippen LogP contribution in [0.3, 0.4) is 0 Å². The van der Waals surface area contributed by atoms with Gasteiger partial charge < -0.3 is 14.7 Å². The fourth-order valence-corrected chi connectivity index (χ4v) is 2.90. The lowest BCUT2D eigenvalue weighted by Gasteiger charge is -2.37. The van der Waals surface area contributed by atoms with Crippen LogP contribution in [-0.4, -0.2) is 40.9 Å². The van der Waals surface area contributed by atoms with E-state index >= 15 is 0 Å². The summed E-state index contributed by atoms with van der Waals surface area (Å²) >= 11 is 6.06. The van der Waals surface area contributed by atoms with Crippen molar-refractivity contribution in [3.8, 4) is 0 Å². The molecule has 2 unspecified atom stereocenters. The summed E-state index contributed by atoms with van der Waals surface area (Å²) < 4.78 is 18.4. The van der Waals surface area contributed by atoms with Gasteiger partial charge in [-0.15, -0.1) is 0 Å². The molecule has 0 radical (unpaired) electrons. The third-order valence-corrected chi connectivity index (χ3v) is 3.92. The highest BCUT2D eigenvalue weighted by Gasteiger charge is 2.34. The SMILES string of the molecule is CC(C)(C)OC(=O)N1CCC(c2ccc(F)cc2Cl)C(O)C1. The van der Waals surface area contributed by atoms with Crippen LogP contribution in [0, 0.1) is 5.82 Å². The third-order valence-electron chi connectivity index (χ3n) is 3.60. The summed E-state index contributed by atoms with van der Waals surface area (Å²) in [6.07, 6.45) is -0.648. The topological polar surface area (TPSA) is 49.8 Å². The Morgan fingerprint density at radius 3 is 2.68 bits per heavy atom. The average Bonchev–Trinajstić information content (AvgIpc) is 2.37. The van der Waals surface area contributed by atoms with Crippen molar-refractivity contribution in [3.63, 3.8) is 0 Å². The van der Waals surface area contributed by atoms with E-state index in [0.717, 1.165) is 0 Å². The van der Waals surface area contributed by atoms with E-state index in [1.165, 1.54) is 17.0 Å². The van der Waals surface area contributed by atoms with Crippen molar-refractivity contribution in [1.82, 2.24) is 4.90 Å². The summed E-state index contributed by atoms with van der Waals surface area (Å²) in [5.74, 6) is -0.624. The number of hydrogen-bond acceptors (Lipinski definition) is 3. The predicted molar refractivity (Wildman–Crippen MR) is 82.6 cm³/mol. The molecule has 0 aromatic heterocycles. The zero-order valence-electron chi connectivity index (χ0n) is 13.0. The molecule has 1 aliphatic rings. The van der Waals surface area contributed by atoms with Gasteiger partial charge in [-0.25, -0.2) is 9.18 Å². The minimum absolute atomic E-state index is 0.174.